The SMILES string of the molecule is CC(C)C[C@@H]1NC(=O)[C@H](CCCC(=O)O)NC(=O)CSC[C@H](C(N)=O)NC(=O)CCCCNC(=O)[C@H](CC(N)=O)NC(=O)C2(CCCCC2)NC(=O)[C@H](Cc2ccc(O)c(C(=O)O)c2)NC1=O. The Bertz CT molecular complexity index is 2010. The molecule has 5 atom stereocenters. The number of aliphatic carboxylic acids is 1. The van der Waals surface area contributed by atoms with Gasteiger partial charge in [0.2, 0.25) is 53.2 Å². The van der Waals surface area contributed by atoms with Crippen molar-refractivity contribution >= 4 is 76.9 Å². The minimum atomic E-state index is -1.69. The maximum Gasteiger partial charge on any atom is 0.339 e. The van der Waals surface area contributed by atoms with Gasteiger partial charge >= 0.3 is 11.9 Å². The van der Waals surface area contributed by atoms with Gasteiger partial charge in [-0.1, -0.05) is 39.2 Å². The lowest BCUT2D eigenvalue weighted by atomic mass is 9.80. The van der Waals surface area contributed by atoms with E-state index in [1.165, 1.54) is 6.07 Å². The van der Waals surface area contributed by atoms with Crippen molar-refractivity contribution in [2.24, 2.45) is 17.4 Å². The van der Waals surface area contributed by atoms with Crippen LogP contribution in [0.2, 0.25) is 0 Å². The monoisotopic (exact) mass is 961 g/mol. The van der Waals surface area contributed by atoms with Crippen LogP contribution >= 0.6 is 11.8 Å². The predicted molar refractivity (Wildman–Crippen MR) is 241 cm³/mol. The number of amides is 9. The maximum absolute atomic E-state index is 14.5. The van der Waals surface area contributed by atoms with E-state index in [2.05, 4.69) is 37.2 Å². The Balaban J connectivity index is 2.10. The molecule has 1 aliphatic heterocycles. The second kappa shape index (κ2) is 26.6. The Kier molecular flexibility index (Phi) is 21.8. The summed E-state index contributed by atoms with van der Waals surface area (Å²) in [6, 6.07) is -3.48. The Morgan fingerprint density at radius 3 is 2.07 bits per heavy atom. The van der Waals surface area contributed by atoms with Crippen LogP contribution in [0, 0.1) is 5.92 Å². The number of aromatic carboxylic acids is 1. The number of nitrogens with one attached hydrogen (secondary N) is 7. The van der Waals surface area contributed by atoms with E-state index in [1.54, 1.807) is 13.8 Å². The highest BCUT2D eigenvalue weighted by Gasteiger charge is 2.44. The van der Waals surface area contributed by atoms with Crippen LogP contribution in [0.3, 0.4) is 0 Å². The van der Waals surface area contributed by atoms with E-state index in [9.17, 15) is 68.1 Å². The van der Waals surface area contributed by atoms with Crippen molar-refractivity contribution in [2.45, 2.75) is 139 Å². The molecule has 0 radical (unpaired) electrons. The molecule has 0 unspecified atom stereocenters. The number of carboxylic acid groups (broad SMARTS) is 2. The molecule has 370 valence electrons. The molecule has 3 rings (SSSR count). The molecular formula is C43H63N9O14S. The zero-order valence-electron chi connectivity index (χ0n) is 37.6. The van der Waals surface area contributed by atoms with E-state index in [0.717, 1.165) is 23.9 Å². The first-order valence-corrected chi connectivity index (χ1v) is 23.3. The first-order chi connectivity index (χ1) is 31.6. The van der Waals surface area contributed by atoms with Gasteiger partial charge in [0.05, 0.1) is 12.2 Å². The summed E-state index contributed by atoms with van der Waals surface area (Å²) in [6.07, 6.45) is 0.436. The highest BCUT2D eigenvalue weighted by Crippen LogP contribution is 2.29. The number of nitrogens with two attached hydrogens (primary N) is 2. The fourth-order valence-electron chi connectivity index (χ4n) is 7.61. The zero-order valence-corrected chi connectivity index (χ0v) is 38.4. The van der Waals surface area contributed by atoms with E-state index >= 15 is 0 Å². The van der Waals surface area contributed by atoms with Gasteiger partial charge in [-0.05, 0) is 68.6 Å². The number of phenols is 1. The number of carboxylic acids is 2. The van der Waals surface area contributed by atoms with E-state index < -0.39 is 125 Å². The van der Waals surface area contributed by atoms with Crippen LogP contribution in [0.15, 0.2) is 18.2 Å². The largest absolute Gasteiger partial charge is 0.507 e. The molecular weight excluding hydrogens is 899 g/mol. The van der Waals surface area contributed by atoms with Gasteiger partial charge in [0, 0.05) is 31.6 Å². The second-order valence-corrected chi connectivity index (χ2v) is 18.2. The molecule has 1 aromatic rings. The zero-order chi connectivity index (χ0) is 49.8. The van der Waals surface area contributed by atoms with Gasteiger partial charge in [0.25, 0.3) is 0 Å². The third-order valence-corrected chi connectivity index (χ3v) is 12.1. The van der Waals surface area contributed by atoms with Gasteiger partial charge < -0.3 is 64.0 Å². The Labute approximate surface area is 391 Å². The highest BCUT2D eigenvalue weighted by molar-refractivity contribution is 8.00. The lowest BCUT2D eigenvalue weighted by molar-refractivity contribution is -0.139. The number of primary amides is 2. The smallest absolute Gasteiger partial charge is 0.339 e. The second-order valence-electron chi connectivity index (χ2n) is 17.1. The summed E-state index contributed by atoms with van der Waals surface area (Å²) in [4.78, 5) is 144. The van der Waals surface area contributed by atoms with Crippen molar-refractivity contribution in [3.8, 4) is 5.75 Å². The first-order valence-electron chi connectivity index (χ1n) is 22.1. The number of aromatic hydroxyl groups is 1. The molecule has 0 bridgehead atoms. The number of carbonyl (C=O) groups excluding carboxylic acids is 9. The summed E-state index contributed by atoms with van der Waals surface area (Å²) in [5.74, 6) is -11.3. The maximum atomic E-state index is 14.5. The van der Waals surface area contributed by atoms with Crippen LogP contribution in [0.1, 0.15) is 113 Å². The minimum absolute atomic E-state index is 0.00195. The van der Waals surface area contributed by atoms with Crippen LogP contribution in [0.4, 0.5) is 0 Å². The summed E-state index contributed by atoms with van der Waals surface area (Å²) in [6.45, 7) is 3.48. The van der Waals surface area contributed by atoms with Crippen LogP contribution in [-0.4, -0.2) is 134 Å². The van der Waals surface area contributed by atoms with Crippen molar-refractivity contribution in [1.29, 1.82) is 0 Å². The fraction of sp³-hybridized carbons (Fsp3) is 0.605. The lowest BCUT2D eigenvalue weighted by Gasteiger charge is -2.38. The summed E-state index contributed by atoms with van der Waals surface area (Å²) >= 11 is 0.910. The normalized spacial score (nSPS) is 23.5. The van der Waals surface area contributed by atoms with E-state index in [-0.39, 0.29) is 87.3 Å². The van der Waals surface area contributed by atoms with E-state index in [1.807, 2.05) is 0 Å². The third kappa shape index (κ3) is 18.4. The Morgan fingerprint density at radius 2 is 1.45 bits per heavy atom. The van der Waals surface area contributed by atoms with Gasteiger partial charge in [-0.25, -0.2) is 4.79 Å². The van der Waals surface area contributed by atoms with Gasteiger partial charge in [0.1, 0.15) is 47.1 Å². The fourth-order valence-corrected chi connectivity index (χ4v) is 8.48. The summed E-state index contributed by atoms with van der Waals surface area (Å²) < 4.78 is 0. The number of hydrogen-bond acceptors (Lipinski definition) is 13. The molecule has 67 heavy (non-hydrogen) atoms. The molecule has 0 aromatic heterocycles. The van der Waals surface area contributed by atoms with Crippen molar-refractivity contribution < 1.29 is 68.1 Å². The molecule has 14 N–H and O–H groups in total. The standard InChI is InChI=1S/C43H63N9O14S/c1-23(2)17-27-39(62)50-28(19-24-12-13-31(53)25(18-24)41(64)65)40(63)52-43(14-5-3-6-15-43)42(66)51-29(20-32(44)54)37(60)46-16-7-4-10-33(55)48-30(36(45)59)21-67-22-34(56)47-26(38(61)49-27)9-8-11-35(57)58/h12-13,18,23,26-30,53H,3-11,14-17,19-22H2,1-2H3,(H2,44,54)(H2,45,59)(H,46,60)(H,47,56)(H,48,55)(H,49,61)(H,50,62)(H,51,66)(H,52,63)(H,57,58)(H,64,65)/t26-,27-,28-,29-,30+/m0/s1. The van der Waals surface area contributed by atoms with Crippen LogP contribution < -0.4 is 48.7 Å². The number of rotatable bonds is 12. The molecule has 23 nitrogen and oxygen atoms in total. The van der Waals surface area contributed by atoms with Crippen molar-refractivity contribution in [2.75, 3.05) is 18.1 Å². The Morgan fingerprint density at radius 1 is 0.776 bits per heavy atom. The quantitative estimate of drug-likeness (QED) is 0.114. The average molecular weight is 962 g/mol. The van der Waals surface area contributed by atoms with Gasteiger partial charge in [-0.2, -0.15) is 0 Å². The summed E-state index contributed by atoms with van der Waals surface area (Å²) in [5.41, 5.74) is 8.93. The topological polar surface area (TPSA) is 385 Å². The summed E-state index contributed by atoms with van der Waals surface area (Å²) in [7, 11) is 0. The molecule has 1 spiro atoms. The Hall–Kier alpha value is -6.46. The molecule has 2 aliphatic rings. The minimum Gasteiger partial charge on any atom is -0.507 e. The van der Waals surface area contributed by atoms with Crippen molar-refractivity contribution in [1.82, 2.24) is 37.2 Å². The van der Waals surface area contributed by atoms with Gasteiger partial charge in [-0.15, -0.1) is 11.8 Å². The van der Waals surface area contributed by atoms with Crippen molar-refractivity contribution in [3.63, 3.8) is 0 Å². The van der Waals surface area contributed by atoms with Gasteiger partial charge in [0.15, 0.2) is 0 Å². The number of benzene rings is 1. The summed E-state index contributed by atoms with van der Waals surface area (Å²) in [5, 5.41) is 47.4. The molecule has 2 fully saturated rings. The number of thioether (sulfide) groups is 1. The molecule has 9 amide bonds. The molecule has 1 aromatic carbocycles. The lowest BCUT2D eigenvalue weighted by Crippen LogP contribution is -2.66. The van der Waals surface area contributed by atoms with E-state index in [0.29, 0.717) is 19.3 Å². The van der Waals surface area contributed by atoms with Crippen LogP contribution in [-0.2, 0) is 54.4 Å². The average Bonchev–Trinajstić information content (AvgIpc) is 3.24. The number of carbonyl (C=O) groups is 11. The first kappa shape index (κ1) is 54.9. The molecule has 24 heteroatoms. The molecule has 1 saturated carbocycles. The highest BCUT2D eigenvalue weighted by atomic mass is 32.2. The predicted octanol–water partition coefficient (Wildman–Crippen LogP) is -1.43. The van der Waals surface area contributed by atoms with Gasteiger partial charge in [-0.3, -0.25) is 47.9 Å². The molecule has 1 aliphatic carbocycles. The van der Waals surface area contributed by atoms with Crippen LogP contribution in [0.25, 0.3) is 0 Å². The number of hydrogen-bond donors (Lipinski definition) is 12. The van der Waals surface area contributed by atoms with Crippen molar-refractivity contribution in [3.05, 3.63) is 29.3 Å². The van der Waals surface area contributed by atoms with E-state index in [4.69, 9.17) is 11.5 Å². The van der Waals surface area contributed by atoms with Crippen LogP contribution in [0.5, 0.6) is 5.75 Å². The molecule has 1 heterocycles. The third-order valence-electron chi connectivity index (χ3n) is 11.1. The molecule has 1 saturated heterocycles.